The molecule has 0 saturated heterocycles. The van der Waals surface area contributed by atoms with E-state index in [1.54, 1.807) is 12.1 Å². The first kappa shape index (κ1) is 16.0. The summed E-state index contributed by atoms with van der Waals surface area (Å²) < 4.78 is 12.1. The van der Waals surface area contributed by atoms with E-state index >= 15 is 0 Å². The largest absolute Gasteiger partial charge is 0.494 e. The van der Waals surface area contributed by atoms with E-state index in [9.17, 15) is 0 Å². The molecule has 0 amide bonds. The first-order valence-corrected chi connectivity index (χ1v) is 7.17. The zero-order chi connectivity index (χ0) is 14.3. The predicted molar refractivity (Wildman–Crippen MR) is 79.3 cm³/mol. The van der Waals surface area contributed by atoms with Crippen LogP contribution in [0.3, 0.4) is 0 Å². The van der Waals surface area contributed by atoms with E-state index in [1.807, 2.05) is 6.07 Å². The average molecular weight is 326 g/mol. The van der Waals surface area contributed by atoms with Gasteiger partial charge in [0.2, 0.25) is 0 Å². The van der Waals surface area contributed by atoms with Gasteiger partial charge in [-0.15, -0.1) is 0 Å². The molecule has 1 rings (SSSR count). The summed E-state index contributed by atoms with van der Waals surface area (Å²) in [7, 11) is 0. The van der Waals surface area contributed by atoms with Crippen LogP contribution in [0.1, 0.15) is 39.2 Å². The first-order chi connectivity index (χ1) is 8.90. The van der Waals surface area contributed by atoms with Crippen LogP contribution < -0.4 is 4.74 Å². The van der Waals surface area contributed by atoms with Crippen LogP contribution in [0.2, 0.25) is 0 Å². The Balaban J connectivity index is 2.27. The van der Waals surface area contributed by atoms with Crippen molar-refractivity contribution in [2.45, 2.75) is 39.2 Å². The molecule has 0 aliphatic heterocycles. The summed E-state index contributed by atoms with van der Waals surface area (Å²) >= 11 is 3.36. The number of hydrogen-bond donors (Lipinski definition) is 0. The van der Waals surface area contributed by atoms with Crippen molar-refractivity contribution in [3.63, 3.8) is 0 Å². The Kier molecular flexibility index (Phi) is 6.33. The van der Waals surface area contributed by atoms with E-state index in [2.05, 4.69) is 42.8 Å². The number of nitriles is 1. The van der Waals surface area contributed by atoms with Gasteiger partial charge in [-0.1, -0.05) is 15.9 Å². The summed E-state index contributed by atoms with van der Waals surface area (Å²) in [6.45, 7) is 7.53. The fourth-order valence-corrected chi connectivity index (χ4v) is 1.96. The van der Waals surface area contributed by atoms with E-state index in [0.717, 1.165) is 29.7 Å². The standard InChI is InChI=1S/C15H20BrNO2/c1-15(2,3)19-7-5-4-6-18-14-9-12(11-17)8-13(16)10-14/h8-10H,4-7H2,1-3H3. The second-order valence-electron chi connectivity index (χ2n) is 5.30. The molecule has 0 N–H and O–H groups in total. The Hall–Kier alpha value is -1.05. The van der Waals surface area contributed by atoms with Gasteiger partial charge in [0, 0.05) is 11.1 Å². The topological polar surface area (TPSA) is 42.2 Å². The second kappa shape index (κ2) is 7.52. The minimum Gasteiger partial charge on any atom is -0.494 e. The predicted octanol–water partition coefficient (Wildman–Crippen LogP) is 4.29. The van der Waals surface area contributed by atoms with Crippen molar-refractivity contribution < 1.29 is 9.47 Å². The van der Waals surface area contributed by atoms with Crippen LogP contribution in [0.25, 0.3) is 0 Å². The number of benzene rings is 1. The molecule has 0 radical (unpaired) electrons. The van der Waals surface area contributed by atoms with Crippen LogP contribution in [0.4, 0.5) is 0 Å². The van der Waals surface area contributed by atoms with Gasteiger partial charge in [-0.25, -0.2) is 0 Å². The Labute approximate surface area is 123 Å². The lowest BCUT2D eigenvalue weighted by atomic mass is 10.2. The average Bonchev–Trinajstić information content (AvgIpc) is 2.31. The van der Waals surface area contributed by atoms with Crippen molar-refractivity contribution in [3.05, 3.63) is 28.2 Å². The summed E-state index contributed by atoms with van der Waals surface area (Å²) in [5, 5.41) is 8.86. The number of unbranched alkanes of at least 4 members (excludes halogenated alkanes) is 1. The number of rotatable bonds is 6. The van der Waals surface area contributed by atoms with Crippen LogP contribution in [-0.2, 0) is 4.74 Å². The molecule has 0 atom stereocenters. The Morgan fingerprint density at radius 2 is 1.84 bits per heavy atom. The maximum atomic E-state index is 8.86. The van der Waals surface area contributed by atoms with Gasteiger partial charge in [0.05, 0.1) is 23.8 Å². The molecule has 0 aliphatic rings. The molecule has 0 aromatic heterocycles. The highest BCUT2D eigenvalue weighted by Crippen LogP contribution is 2.21. The highest BCUT2D eigenvalue weighted by Gasteiger charge is 2.08. The number of hydrogen-bond acceptors (Lipinski definition) is 3. The molecular weight excluding hydrogens is 306 g/mol. The zero-order valence-corrected chi connectivity index (χ0v) is 13.3. The minimum absolute atomic E-state index is 0.0765. The molecule has 0 saturated carbocycles. The minimum atomic E-state index is -0.0765. The van der Waals surface area contributed by atoms with Gasteiger partial charge in [-0.05, 0) is 51.8 Å². The van der Waals surface area contributed by atoms with Crippen molar-refractivity contribution in [1.29, 1.82) is 5.26 Å². The molecule has 0 aliphatic carbocycles. The van der Waals surface area contributed by atoms with Gasteiger partial charge in [-0.2, -0.15) is 5.26 Å². The van der Waals surface area contributed by atoms with Crippen molar-refractivity contribution in [3.8, 4) is 11.8 Å². The molecule has 0 fully saturated rings. The maximum Gasteiger partial charge on any atom is 0.121 e. The second-order valence-corrected chi connectivity index (χ2v) is 6.22. The summed E-state index contributed by atoms with van der Waals surface area (Å²) in [6.07, 6.45) is 1.90. The lowest BCUT2D eigenvalue weighted by molar-refractivity contribution is -0.00553. The van der Waals surface area contributed by atoms with Gasteiger partial charge >= 0.3 is 0 Å². The zero-order valence-electron chi connectivity index (χ0n) is 11.7. The third-order valence-corrected chi connectivity index (χ3v) is 2.80. The van der Waals surface area contributed by atoms with Gasteiger partial charge in [0.1, 0.15) is 5.75 Å². The number of nitrogens with zero attached hydrogens (tertiary/aromatic N) is 1. The quantitative estimate of drug-likeness (QED) is 0.732. The fraction of sp³-hybridized carbons (Fsp3) is 0.533. The van der Waals surface area contributed by atoms with E-state index in [-0.39, 0.29) is 5.60 Å². The van der Waals surface area contributed by atoms with Gasteiger partial charge in [-0.3, -0.25) is 0 Å². The molecule has 1 aromatic carbocycles. The molecule has 104 valence electrons. The maximum absolute atomic E-state index is 8.86. The van der Waals surface area contributed by atoms with Crippen molar-refractivity contribution in [2.24, 2.45) is 0 Å². The molecule has 0 spiro atoms. The lowest BCUT2D eigenvalue weighted by Gasteiger charge is -2.19. The lowest BCUT2D eigenvalue weighted by Crippen LogP contribution is -2.19. The summed E-state index contributed by atoms with van der Waals surface area (Å²) in [4.78, 5) is 0. The van der Waals surface area contributed by atoms with Crippen LogP contribution in [0, 0.1) is 11.3 Å². The van der Waals surface area contributed by atoms with E-state index < -0.39 is 0 Å². The molecule has 0 heterocycles. The van der Waals surface area contributed by atoms with E-state index in [4.69, 9.17) is 14.7 Å². The molecule has 3 nitrogen and oxygen atoms in total. The molecular formula is C15H20BrNO2. The summed E-state index contributed by atoms with van der Waals surface area (Å²) in [5.41, 5.74) is 0.521. The van der Waals surface area contributed by atoms with Gasteiger partial charge in [0.15, 0.2) is 0 Å². The molecule has 4 heteroatoms. The highest BCUT2D eigenvalue weighted by atomic mass is 79.9. The third-order valence-electron chi connectivity index (χ3n) is 2.34. The van der Waals surface area contributed by atoms with Crippen LogP contribution in [-0.4, -0.2) is 18.8 Å². The Morgan fingerprint density at radius 1 is 1.16 bits per heavy atom. The molecule has 0 unspecified atom stereocenters. The number of ether oxygens (including phenoxy) is 2. The van der Waals surface area contributed by atoms with Crippen molar-refractivity contribution in [2.75, 3.05) is 13.2 Å². The normalized spacial score (nSPS) is 11.1. The number of halogens is 1. The Bertz CT molecular complexity index is 446. The third kappa shape index (κ3) is 7.19. The van der Waals surface area contributed by atoms with Gasteiger partial charge < -0.3 is 9.47 Å². The van der Waals surface area contributed by atoms with E-state index in [1.165, 1.54) is 0 Å². The van der Waals surface area contributed by atoms with E-state index in [0.29, 0.717) is 12.2 Å². The smallest absolute Gasteiger partial charge is 0.121 e. The fourth-order valence-electron chi connectivity index (χ4n) is 1.48. The van der Waals surface area contributed by atoms with Crippen LogP contribution in [0.15, 0.2) is 22.7 Å². The Morgan fingerprint density at radius 3 is 2.47 bits per heavy atom. The first-order valence-electron chi connectivity index (χ1n) is 6.38. The highest BCUT2D eigenvalue weighted by molar-refractivity contribution is 9.10. The molecule has 1 aromatic rings. The molecule has 0 bridgehead atoms. The summed E-state index contributed by atoms with van der Waals surface area (Å²) in [5.74, 6) is 0.725. The summed E-state index contributed by atoms with van der Waals surface area (Å²) in [6, 6.07) is 7.49. The van der Waals surface area contributed by atoms with Crippen molar-refractivity contribution >= 4 is 15.9 Å². The van der Waals surface area contributed by atoms with Crippen LogP contribution >= 0.6 is 15.9 Å². The van der Waals surface area contributed by atoms with Gasteiger partial charge in [0.25, 0.3) is 0 Å². The van der Waals surface area contributed by atoms with Crippen molar-refractivity contribution in [1.82, 2.24) is 0 Å². The monoisotopic (exact) mass is 325 g/mol. The SMILES string of the molecule is CC(C)(C)OCCCCOc1cc(Br)cc(C#N)c1. The van der Waals surface area contributed by atoms with Crippen LogP contribution in [0.5, 0.6) is 5.75 Å². The molecule has 19 heavy (non-hydrogen) atoms.